The van der Waals surface area contributed by atoms with Gasteiger partial charge in [-0.25, -0.2) is 4.79 Å². The number of methoxy groups -OCH3 is 1. The number of anilines is 1. The predicted octanol–water partition coefficient (Wildman–Crippen LogP) is 4.43. The fraction of sp³-hybridized carbons (Fsp3) is 0.370. The van der Waals surface area contributed by atoms with Gasteiger partial charge >= 0.3 is 5.97 Å². The number of aromatic nitrogens is 1. The van der Waals surface area contributed by atoms with Gasteiger partial charge in [0, 0.05) is 0 Å². The number of carboxylic acid groups (broad SMARTS) is 1. The van der Waals surface area contributed by atoms with Crippen LogP contribution in [0.25, 0.3) is 10.9 Å². The van der Waals surface area contributed by atoms with Crippen LogP contribution < -0.4 is 20.5 Å². The Morgan fingerprint density at radius 2 is 2.03 bits per heavy atom. The van der Waals surface area contributed by atoms with E-state index in [1.165, 1.54) is 5.56 Å². The molecule has 8 heteroatoms. The molecule has 8 nitrogen and oxygen atoms in total. The van der Waals surface area contributed by atoms with Gasteiger partial charge in [-0.1, -0.05) is 12.1 Å². The number of hydrogen-bond acceptors (Lipinski definition) is 6. The number of hydrogen-bond donors (Lipinski definition) is 3. The summed E-state index contributed by atoms with van der Waals surface area (Å²) in [4.78, 5) is 29.4. The maximum atomic E-state index is 13.3. The molecule has 3 aromatic rings. The number of nitrogens with two attached hydrogens (primary N) is 1. The van der Waals surface area contributed by atoms with Crippen molar-refractivity contribution in [1.82, 2.24) is 10.3 Å². The van der Waals surface area contributed by atoms with E-state index in [1.807, 2.05) is 32.0 Å². The van der Waals surface area contributed by atoms with Crippen molar-refractivity contribution in [2.75, 3.05) is 19.5 Å². The van der Waals surface area contributed by atoms with E-state index in [1.54, 1.807) is 32.2 Å². The van der Waals surface area contributed by atoms with E-state index in [4.69, 9.17) is 15.2 Å². The highest BCUT2D eigenvalue weighted by Gasteiger charge is 2.32. The molecule has 0 bridgehead atoms. The van der Waals surface area contributed by atoms with Crippen molar-refractivity contribution in [3.63, 3.8) is 0 Å². The van der Waals surface area contributed by atoms with Crippen LogP contribution in [0.2, 0.25) is 0 Å². The fourth-order valence-electron chi connectivity index (χ4n) is 4.58. The lowest BCUT2D eigenvalue weighted by atomic mass is 9.86. The van der Waals surface area contributed by atoms with Gasteiger partial charge < -0.3 is 25.6 Å². The molecule has 0 spiro atoms. The minimum absolute atomic E-state index is 0.0434. The van der Waals surface area contributed by atoms with E-state index in [9.17, 15) is 14.7 Å². The van der Waals surface area contributed by atoms with Crippen molar-refractivity contribution in [2.24, 2.45) is 5.41 Å². The summed E-state index contributed by atoms with van der Waals surface area (Å²) in [7, 11) is 1.65. The Labute approximate surface area is 204 Å². The molecule has 0 radical (unpaired) electrons. The molecule has 0 aliphatic heterocycles. The molecule has 0 saturated carbocycles. The molecule has 0 saturated heterocycles. The SMILES string of the molecule is COc1ccc2c(c1)CCCC2NC(=O)C(C)(C)COc1cccc2nc(C)c(C(=O)O)c(N)c12. The third-order valence-electron chi connectivity index (χ3n) is 6.58. The van der Waals surface area contributed by atoms with Gasteiger partial charge in [0.2, 0.25) is 5.91 Å². The first-order chi connectivity index (χ1) is 16.6. The number of carboxylic acids is 1. The Morgan fingerprint density at radius 3 is 2.74 bits per heavy atom. The van der Waals surface area contributed by atoms with Crippen molar-refractivity contribution in [1.29, 1.82) is 0 Å². The van der Waals surface area contributed by atoms with Gasteiger partial charge in [0.05, 0.1) is 40.9 Å². The number of benzene rings is 2. The van der Waals surface area contributed by atoms with Crippen LogP contribution in [-0.4, -0.2) is 35.7 Å². The maximum Gasteiger partial charge on any atom is 0.339 e. The van der Waals surface area contributed by atoms with E-state index in [-0.39, 0.29) is 29.8 Å². The highest BCUT2D eigenvalue weighted by Crippen LogP contribution is 2.35. The third kappa shape index (κ3) is 4.73. The van der Waals surface area contributed by atoms with Crippen LogP contribution in [0, 0.1) is 12.3 Å². The molecule has 1 aliphatic rings. The fourth-order valence-corrected chi connectivity index (χ4v) is 4.58. The molecular formula is C27H31N3O5. The second-order valence-electron chi connectivity index (χ2n) is 9.60. The molecule has 1 aliphatic carbocycles. The highest BCUT2D eigenvalue weighted by molar-refractivity contribution is 6.06. The lowest BCUT2D eigenvalue weighted by Gasteiger charge is -2.31. The van der Waals surface area contributed by atoms with Crippen molar-refractivity contribution in [3.05, 3.63) is 58.8 Å². The summed E-state index contributed by atoms with van der Waals surface area (Å²) in [5.74, 6) is -0.0607. The van der Waals surface area contributed by atoms with E-state index in [0.717, 1.165) is 30.6 Å². The second kappa shape index (κ2) is 9.44. The van der Waals surface area contributed by atoms with E-state index in [0.29, 0.717) is 22.3 Å². The van der Waals surface area contributed by atoms with Crippen LogP contribution in [-0.2, 0) is 11.2 Å². The van der Waals surface area contributed by atoms with Gasteiger partial charge in [-0.15, -0.1) is 0 Å². The van der Waals surface area contributed by atoms with Gasteiger partial charge in [0.15, 0.2) is 0 Å². The summed E-state index contributed by atoms with van der Waals surface area (Å²) in [6.07, 6.45) is 2.81. The van der Waals surface area contributed by atoms with E-state index >= 15 is 0 Å². The quantitative estimate of drug-likeness (QED) is 0.460. The summed E-state index contributed by atoms with van der Waals surface area (Å²) >= 11 is 0. The minimum atomic E-state index is -1.14. The number of nitrogens with zero attached hydrogens (tertiary/aromatic N) is 1. The maximum absolute atomic E-state index is 13.3. The number of nitrogen functional groups attached to an aromatic ring is 1. The Hall–Kier alpha value is -3.81. The lowest BCUT2D eigenvalue weighted by Crippen LogP contribution is -2.43. The van der Waals surface area contributed by atoms with Crippen molar-refractivity contribution in [2.45, 2.75) is 46.1 Å². The summed E-state index contributed by atoms with van der Waals surface area (Å²) in [5.41, 5.74) is 8.62. The predicted molar refractivity (Wildman–Crippen MR) is 134 cm³/mol. The number of ether oxygens (including phenoxy) is 2. The average molecular weight is 478 g/mol. The Balaban J connectivity index is 1.53. The summed E-state index contributed by atoms with van der Waals surface area (Å²) in [6.45, 7) is 5.33. The van der Waals surface area contributed by atoms with Crippen LogP contribution in [0.1, 0.15) is 59.9 Å². The first-order valence-corrected chi connectivity index (χ1v) is 11.6. The molecule has 184 valence electrons. The number of carbonyl (C=O) groups is 2. The van der Waals surface area contributed by atoms with Crippen molar-refractivity contribution < 1.29 is 24.2 Å². The van der Waals surface area contributed by atoms with Gasteiger partial charge in [-0.3, -0.25) is 9.78 Å². The normalized spacial score (nSPS) is 15.4. The van der Waals surface area contributed by atoms with Crippen LogP contribution in [0.4, 0.5) is 5.69 Å². The first-order valence-electron chi connectivity index (χ1n) is 11.6. The number of pyridine rings is 1. The smallest absolute Gasteiger partial charge is 0.339 e. The van der Waals surface area contributed by atoms with Gasteiger partial charge in [0.1, 0.15) is 23.7 Å². The Bertz CT molecular complexity index is 1300. The standard InChI is InChI=1S/C27H31N3O5/c1-15-22(25(31)32)24(28)23-20(29-15)9-6-10-21(23)35-14-27(2,3)26(33)30-19-8-5-7-16-13-17(34-4)11-12-18(16)19/h6,9-13,19H,5,7-8,14H2,1-4H3,(H2,28,29)(H,30,33)(H,31,32). The zero-order valence-electron chi connectivity index (χ0n) is 20.5. The van der Waals surface area contributed by atoms with Gasteiger partial charge in [-0.05, 0) is 75.4 Å². The molecule has 4 N–H and O–H groups in total. The topological polar surface area (TPSA) is 124 Å². The second-order valence-corrected chi connectivity index (χ2v) is 9.60. The molecule has 1 atom stereocenters. The molecule has 1 aromatic heterocycles. The largest absolute Gasteiger partial charge is 0.497 e. The number of carbonyl (C=O) groups excluding carboxylic acids is 1. The number of nitrogens with one attached hydrogen (secondary N) is 1. The van der Waals surface area contributed by atoms with E-state index < -0.39 is 11.4 Å². The minimum Gasteiger partial charge on any atom is -0.497 e. The number of fused-ring (bicyclic) bond motifs is 2. The summed E-state index contributed by atoms with van der Waals surface area (Å²) in [6, 6.07) is 11.1. The average Bonchev–Trinajstić information content (AvgIpc) is 2.82. The number of amides is 1. The van der Waals surface area contributed by atoms with Gasteiger partial charge in [-0.2, -0.15) is 0 Å². The first kappa shape index (κ1) is 24.3. The third-order valence-corrected chi connectivity index (χ3v) is 6.58. The number of rotatable bonds is 7. The highest BCUT2D eigenvalue weighted by atomic mass is 16.5. The molecule has 1 heterocycles. The zero-order chi connectivity index (χ0) is 25.3. The van der Waals surface area contributed by atoms with Crippen LogP contribution in [0.5, 0.6) is 11.5 Å². The molecule has 4 rings (SSSR count). The van der Waals surface area contributed by atoms with Gasteiger partial charge in [0.25, 0.3) is 0 Å². The summed E-state index contributed by atoms with van der Waals surface area (Å²) < 4.78 is 11.4. The monoisotopic (exact) mass is 477 g/mol. The molecular weight excluding hydrogens is 446 g/mol. The van der Waals surface area contributed by atoms with Crippen LogP contribution in [0.15, 0.2) is 36.4 Å². The Morgan fingerprint density at radius 1 is 1.26 bits per heavy atom. The zero-order valence-corrected chi connectivity index (χ0v) is 20.5. The van der Waals surface area contributed by atoms with Crippen LogP contribution >= 0.6 is 0 Å². The molecule has 1 unspecified atom stereocenters. The molecule has 0 fully saturated rings. The van der Waals surface area contributed by atoms with Crippen molar-refractivity contribution >= 4 is 28.5 Å². The molecule has 2 aromatic carbocycles. The van der Waals surface area contributed by atoms with Crippen LogP contribution in [0.3, 0.4) is 0 Å². The number of aromatic carboxylic acids is 1. The van der Waals surface area contributed by atoms with Crippen molar-refractivity contribution in [3.8, 4) is 11.5 Å². The number of aryl methyl sites for hydroxylation is 2. The molecule has 1 amide bonds. The Kier molecular flexibility index (Phi) is 6.56. The summed E-state index contributed by atoms with van der Waals surface area (Å²) in [5, 5.41) is 13.2. The lowest BCUT2D eigenvalue weighted by molar-refractivity contribution is -0.131. The van der Waals surface area contributed by atoms with E-state index in [2.05, 4.69) is 10.3 Å². The molecule has 35 heavy (non-hydrogen) atoms.